The number of hydrogen-bond donors (Lipinski definition) is 0. The summed E-state index contributed by atoms with van der Waals surface area (Å²) in [7, 11) is -0.210. The van der Waals surface area contributed by atoms with Crippen molar-refractivity contribution in [3.05, 3.63) is 35.6 Å². The summed E-state index contributed by atoms with van der Waals surface area (Å²) in [5, 5.41) is 1.11. The van der Waals surface area contributed by atoms with Gasteiger partial charge in [0.25, 0.3) is 0 Å². The molecule has 4 rings (SSSR count). The lowest BCUT2D eigenvalue weighted by Crippen LogP contribution is -2.64. The van der Waals surface area contributed by atoms with Gasteiger partial charge in [-0.2, -0.15) is 0 Å². The maximum atomic E-state index is 6.08. The predicted molar refractivity (Wildman–Crippen MR) is 89.2 cm³/mol. The van der Waals surface area contributed by atoms with Crippen molar-refractivity contribution < 1.29 is 13.7 Å². The highest BCUT2D eigenvalue weighted by molar-refractivity contribution is 6.53. The molecule has 1 aliphatic carbocycles. The third kappa shape index (κ3) is 1.86. The highest BCUT2D eigenvalue weighted by Crippen LogP contribution is 2.53. The monoisotopic (exact) mass is 296 g/mol. The summed E-state index contributed by atoms with van der Waals surface area (Å²) >= 11 is 0. The van der Waals surface area contributed by atoms with Gasteiger partial charge in [0, 0.05) is 22.7 Å². The Morgan fingerprint density at radius 3 is 2.73 bits per heavy atom. The summed E-state index contributed by atoms with van der Waals surface area (Å²) in [6.45, 7) is 8.57. The number of aryl methyl sites for hydroxylation is 1. The Balaban J connectivity index is 1.65. The van der Waals surface area contributed by atoms with E-state index in [4.69, 9.17) is 13.7 Å². The lowest BCUT2D eigenvalue weighted by molar-refractivity contribution is -0.0411. The molecule has 0 bridgehead atoms. The Bertz CT molecular complexity index is 770. The number of hydrogen-bond acceptors (Lipinski definition) is 3. The normalized spacial score (nSPS) is 21.5. The predicted octanol–water partition coefficient (Wildman–Crippen LogP) is 4.85. The molecule has 1 aromatic heterocycles. The lowest BCUT2D eigenvalue weighted by Gasteiger charge is -2.54. The van der Waals surface area contributed by atoms with Crippen LogP contribution in [0.25, 0.3) is 17.0 Å². The molecule has 0 atom stereocenters. The van der Waals surface area contributed by atoms with Gasteiger partial charge in [-0.05, 0) is 38.5 Å². The van der Waals surface area contributed by atoms with E-state index in [1.807, 2.05) is 12.1 Å². The van der Waals surface area contributed by atoms with Crippen LogP contribution in [-0.4, -0.2) is 12.7 Å². The van der Waals surface area contributed by atoms with Crippen LogP contribution in [0.2, 0.25) is 5.31 Å². The summed E-state index contributed by atoms with van der Waals surface area (Å²) in [6, 6.07) is 6.03. The van der Waals surface area contributed by atoms with Crippen molar-refractivity contribution in [1.29, 1.82) is 0 Å². The molecule has 3 nitrogen and oxygen atoms in total. The minimum absolute atomic E-state index is 0.0162. The molecule has 22 heavy (non-hydrogen) atoms. The van der Waals surface area contributed by atoms with Crippen LogP contribution in [0.5, 0.6) is 5.75 Å². The van der Waals surface area contributed by atoms with E-state index >= 15 is 0 Å². The quantitative estimate of drug-likeness (QED) is 0.742. The standard InChI is InChI=1S/C18H21BO3/c1-17(2)18(3,4)22-19(17)21-12-9-10-16-14(11-12)13-7-5-6-8-15(13)20-16/h5,7,9-11H,6,8H2,1-4H3. The van der Waals surface area contributed by atoms with Gasteiger partial charge >= 0.3 is 7.12 Å². The zero-order valence-electron chi connectivity index (χ0n) is 13.6. The van der Waals surface area contributed by atoms with E-state index in [2.05, 4.69) is 45.9 Å². The van der Waals surface area contributed by atoms with Crippen LogP contribution in [-0.2, 0) is 11.1 Å². The van der Waals surface area contributed by atoms with Crippen molar-refractivity contribution in [2.75, 3.05) is 0 Å². The van der Waals surface area contributed by atoms with Gasteiger partial charge < -0.3 is 13.7 Å². The van der Waals surface area contributed by atoms with Crippen molar-refractivity contribution in [1.82, 2.24) is 0 Å². The minimum atomic E-state index is -0.210. The van der Waals surface area contributed by atoms with E-state index in [1.54, 1.807) is 0 Å². The van der Waals surface area contributed by atoms with Gasteiger partial charge in [0.2, 0.25) is 0 Å². The molecule has 0 radical (unpaired) electrons. The summed E-state index contributed by atoms with van der Waals surface area (Å²) in [6.07, 6.45) is 6.38. The summed E-state index contributed by atoms with van der Waals surface area (Å²) < 4.78 is 17.9. The zero-order chi connectivity index (χ0) is 15.5. The third-order valence-electron chi connectivity index (χ3n) is 5.38. The van der Waals surface area contributed by atoms with E-state index in [9.17, 15) is 0 Å². The largest absolute Gasteiger partial charge is 0.536 e. The van der Waals surface area contributed by atoms with E-state index in [0.29, 0.717) is 0 Å². The fraction of sp³-hybridized carbons (Fsp3) is 0.444. The third-order valence-corrected chi connectivity index (χ3v) is 5.38. The van der Waals surface area contributed by atoms with Gasteiger partial charge in [-0.1, -0.05) is 26.0 Å². The fourth-order valence-corrected chi connectivity index (χ4v) is 3.09. The molecule has 0 amide bonds. The van der Waals surface area contributed by atoms with Gasteiger partial charge in [0.1, 0.15) is 17.1 Å². The fourth-order valence-electron chi connectivity index (χ4n) is 3.09. The maximum Gasteiger partial charge on any atom is 0.534 e. The number of fused-ring (bicyclic) bond motifs is 3. The molecular weight excluding hydrogens is 275 g/mol. The molecule has 1 aliphatic heterocycles. The molecular formula is C18H21BO3. The maximum absolute atomic E-state index is 6.08. The first-order chi connectivity index (χ1) is 10.4. The number of rotatable bonds is 2. The van der Waals surface area contributed by atoms with Crippen LogP contribution in [0.4, 0.5) is 0 Å². The van der Waals surface area contributed by atoms with E-state index in [-0.39, 0.29) is 18.0 Å². The molecule has 2 aromatic rings. The molecule has 1 aromatic carbocycles. The van der Waals surface area contributed by atoms with Crippen molar-refractivity contribution in [2.45, 2.75) is 51.5 Å². The van der Waals surface area contributed by atoms with Crippen LogP contribution in [0.1, 0.15) is 45.4 Å². The van der Waals surface area contributed by atoms with Gasteiger partial charge in [0.15, 0.2) is 0 Å². The van der Waals surface area contributed by atoms with Gasteiger partial charge in [-0.25, -0.2) is 0 Å². The number of allylic oxidation sites excluding steroid dienone is 1. The second kappa shape index (κ2) is 4.42. The summed E-state index contributed by atoms with van der Waals surface area (Å²) in [4.78, 5) is 0. The Labute approximate surface area is 131 Å². The minimum Gasteiger partial charge on any atom is -0.536 e. The lowest BCUT2D eigenvalue weighted by atomic mass is 9.45. The van der Waals surface area contributed by atoms with E-state index in [1.165, 1.54) is 5.56 Å². The molecule has 0 spiro atoms. The SMILES string of the molecule is CC1(C)OB(Oc2ccc3oc4c(c3c2)C=CCC4)C1(C)C. The Hall–Kier alpha value is -1.68. The van der Waals surface area contributed by atoms with E-state index in [0.717, 1.165) is 35.3 Å². The second-order valence-corrected chi connectivity index (χ2v) is 7.34. The first kappa shape index (κ1) is 14.0. The van der Waals surface area contributed by atoms with Crippen LogP contribution in [0.3, 0.4) is 0 Å². The highest BCUT2D eigenvalue weighted by atomic mass is 16.6. The molecule has 0 unspecified atom stereocenters. The van der Waals surface area contributed by atoms with Gasteiger partial charge in [0.05, 0.1) is 5.60 Å². The van der Waals surface area contributed by atoms with Crippen molar-refractivity contribution >= 4 is 24.2 Å². The Kier molecular flexibility index (Phi) is 2.80. The van der Waals surface area contributed by atoms with Crippen LogP contribution < -0.4 is 4.65 Å². The van der Waals surface area contributed by atoms with E-state index < -0.39 is 0 Å². The Morgan fingerprint density at radius 2 is 2.00 bits per heavy atom. The Morgan fingerprint density at radius 1 is 1.18 bits per heavy atom. The molecule has 4 heteroatoms. The second-order valence-electron chi connectivity index (χ2n) is 7.34. The first-order valence-corrected chi connectivity index (χ1v) is 7.95. The molecule has 114 valence electrons. The molecule has 1 saturated heterocycles. The van der Waals surface area contributed by atoms with Crippen molar-refractivity contribution in [3.63, 3.8) is 0 Å². The van der Waals surface area contributed by atoms with Crippen LogP contribution in [0.15, 0.2) is 28.7 Å². The zero-order valence-corrected chi connectivity index (χ0v) is 13.6. The van der Waals surface area contributed by atoms with Gasteiger partial charge in [-0.3, -0.25) is 0 Å². The first-order valence-electron chi connectivity index (χ1n) is 7.95. The van der Waals surface area contributed by atoms with Crippen LogP contribution in [0, 0.1) is 0 Å². The van der Waals surface area contributed by atoms with Crippen molar-refractivity contribution in [3.8, 4) is 5.75 Å². The summed E-state index contributed by atoms with van der Waals surface area (Å²) in [5.41, 5.74) is 1.97. The number of benzene rings is 1. The molecule has 2 aliphatic rings. The van der Waals surface area contributed by atoms with Gasteiger partial charge in [-0.15, -0.1) is 0 Å². The highest BCUT2D eigenvalue weighted by Gasteiger charge is 2.62. The topological polar surface area (TPSA) is 31.6 Å². The average Bonchev–Trinajstić information content (AvgIpc) is 2.84. The average molecular weight is 296 g/mol. The molecule has 2 heterocycles. The number of furan rings is 1. The molecule has 0 N–H and O–H groups in total. The van der Waals surface area contributed by atoms with Crippen LogP contribution >= 0.6 is 0 Å². The molecule has 1 fully saturated rings. The van der Waals surface area contributed by atoms with Crippen molar-refractivity contribution in [2.24, 2.45) is 0 Å². The smallest absolute Gasteiger partial charge is 0.534 e. The molecule has 0 saturated carbocycles. The summed E-state index contributed by atoms with van der Waals surface area (Å²) in [5.74, 6) is 1.92.